The number of nitrogens with two attached hydrogens (primary N) is 1. The highest BCUT2D eigenvalue weighted by molar-refractivity contribution is 14.1. The van der Waals surface area contributed by atoms with Crippen molar-refractivity contribution < 1.29 is 5.11 Å². The summed E-state index contributed by atoms with van der Waals surface area (Å²) < 4.78 is 2.26. The minimum atomic E-state index is -0.300. The summed E-state index contributed by atoms with van der Waals surface area (Å²) in [5, 5.41) is 9.66. The van der Waals surface area contributed by atoms with E-state index in [0.29, 0.717) is 12.1 Å². The summed E-state index contributed by atoms with van der Waals surface area (Å²) in [6.07, 6.45) is 2.98. The van der Waals surface area contributed by atoms with Gasteiger partial charge in [0.2, 0.25) is 0 Å². The number of fused-ring (bicyclic) bond motifs is 2. The molecular weight excluding hydrogens is 255 g/mol. The van der Waals surface area contributed by atoms with Gasteiger partial charge in [-0.3, -0.25) is 0 Å². The summed E-state index contributed by atoms with van der Waals surface area (Å²) in [7, 11) is 0. The fourth-order valence-electron chi connectivity index (χ4n) is 2.15. The van der Waals surface area contributed by atoms with Gasteiger partial charge in [0.05, 0.1) is 6.10 Å². The first kappa shape index (κ1) is 8.22. The summed E-state index contributed by atoms with van der Waals surface area (Å²) in [5.74, 6) is 0. The van der Waals surface area contributed by atoms with E-state index < -0.39 is 0 Å². The van der Waals surface area contributed by atoms with Crippen LogP contribution in [0.3, 0.4) is 0 Å². The standard InChI is InChI=1S/C7H13IN2O/c8-10-4-1-2-6(10)7(11)5(9)3-4/h4-7,11H,1-3,9H2. The van der Waals surface area contributed by atoms with Crippen LogP contribution in [0.15, 0.2) is 0 Å². The van der Waals surface area contributed by atoms with Gasteiger partial charge in [-0.15, -0.1) is 0 Å². The zero-order chi connectivity index (χ0) is 8.01. The molecule has 2 aliphatic heterocycles. The largest absolute Gasteiger partial charge is 0.390 e. The summed E-state index contributed by atoms with van der Waals surface area (Å²) >= 11 is 2.31. The molecule has 2 bridgehead atoms. The van der Waals surface area contributed by atoms with Gasteiger partial charge < -0.3 is 10.8 Å². The van der Waals surface area contributed by atoms with E-state index in [1.54, 1.807) is 0 Å². The van der Waals surface area contributed by atoms with Crippen LogP contribution in [0.1, 0.15) is 19.3 Å². The molecule has 2 fully saturated rings. The summed E-state index contributed by atoms with van der Waals surface area (Å²) in [5.41, 5.74) is 5.78. The van der Waals surface area contributed by atoms with Crippen LogP contribution in [-0.2, 0) is 0 Å². The molecule has 0 spiro atoms. The third-order valence-electron chi connectivity index (χ3n) is 2.84. The van der Waals surface area contributed by atoms with E-state index in [0.717, 1.165) is 12.8 Å². The van der Waals surface area contributed by atoms with E-state index in [1.165, 1.54) is 6.42 Å². The zero-order valence-corrected chi connectivity index (χ0v) is 8.44. The average molecular weight is 268 g/mol. The van der Waals surface area contributed by atoms with E-state index in [-0.39, 0.29) is 12.1 Å². The Balaban J connectivity index is 2.16. The fraction of sp³-hybridized carbons (Fsp3) is 1.00. The van der Waals surface area contributed by atoms with Crippen LogP contribution in [0.5, 0.6) is 0 Å². The van der Waals surface area contributed by atoms with Crippen molar-refractivity contribution in [3.05, 3.63) is 0 Å². The maximum atomic E-state index is 9.66. The second-order valence-electron chi connectivity index (χ2n) is 3.53. The number of aliphatic hydroxyl groups excluding tert-OH is 1. The Morgan fingerprint density at radius 1 is 1.45 bits per heavy atom. The van der Waals surface area contributed by atoms with Crippen molar-refractivity contribution in [3.8, 4) is 0 Å². The summed E-state index contributed by atoms with van der Waals surface area (Å²) in [6.45, 7) is 0. The van der Waals surface area contributed by atoms with Crippen molar-refractivity contribution in [2.75, 3.05) is 0 Å². The molecule has 0 aromatic rings. The maximum Gasteiger partial charge on any atom is 0.0854 e. The first-order valence-electron chi connectivity index (χ1n) is 4.08. The Labute approximate surface area is 80.4 Å². The van der Waals surface area contributed by atoms with E-state index >= 15 is 0 Å². The molecule has 4 heteroatoms. The molecule has 0 radical (unpaired) electrons. The van der Waals surface area contributed by atoms with Gasteiger partial charge in [-0.1, -0.05) is 0 Å². The molecule has 11 heavy (non-hydrogen) atoms. The predicted octanol–water partition coefficient (Wildman–Crippen LogP) is 0.261. The van der Waals surface area contributed by atoms with Gasteiger partial charge in [-0.2, -0.15) is 0 Å². The first-order chi connectivity index (χ1) is 5.20. The molecule has 3 nitrogen and oxygen atoms in total. The number of nitrogens with zero attached hydrogens (tertiary/aromatic N) is 1. The third-order valence-corrected chi connectivity index (χ3v) is 4.34. The van der Waals surface area contributed by atoms with E-state index in [1.807, 2.05) is 0 Å². The molecule has 0 aromatic heterocycles. The van der Waals surface area contributed by atoms with Gasteiger partial charge in [0.1, 0.15) is 0 Å². The molecule has 0 aliphatic carbocycles. The van der Waals surface area contributed by atoms with E-state index in [9.17, 15) is 5.11 Å². The second kappa shape index (κ2) is 2.83. The highest BCUT2D eigenvalue weighted by Crippen LogP contribution is 2.37. The van der Waals surface area contributed by atoms with Crippen LogP contribution in [0.2, 0.25) is 0 Å². The lowest BCUT2D eigenvalue weighted by Crippen LogP contribution is -2.53. The van der Waals surface area contributed by atoms with E-state index in [4.69, 9.17) is 5.73 Å². The molecule has 2 aliphatic rings. The number of hydrogen-bond acceptors (Lipinski definition) is 3. The van der Waals surface area contributed by atoms with Crippen molar-refractivity contribution >= 4 is 22.9 Å². The molecule has 3 N–H and O–H groups in total. The Kier molecular flexibility index (Phi) is 2.11. The van der Waals surface area contributed by atoms with Crippen LogP contribution in [0, 0.1) is 0 Å². The monoisotopic (exact) mass is 268 g/mol. The van der Waals surface area contributed by atoms with Crippen molar-refractivity contribution in [1.82, 2.24) is 3.11 Å². The Morgan fingerprint density at radius 2 is 2.18 bits per heavy atom. The lowest BCUT2D eigenvalue weighted by molar-refractivity contribution is 0.0529. The molecular formula is C7H13IN2O. The van der Waals surface area contributed by atoms with Crippen LogP contribution in [0.25, 0.3) is 0 Å². The van der Waals surface area contributed by atoms with E-state index in [2.05, 4.69) is 26.0 Å². The molecule has 4 unspecified atom stereocenters. The molecule has 2 rings (SSSR count). The molecule has 2 heterocycles. The fourth-order valence-corrected chi connectivity index (χ4v) is 3.27. The SMILES string of the molecule is NC1CC2CCC(C1O)N2I. The first-order valence-corrected chi connectivity index (χ1v) is 5.04. The van der Waals surface area contributed by atoms with Crippen LogP contribution in [0.4, 0.5) is 0 Å². The molecule has 64 valence electrons. The lowest BCUT2D eigenvalue weighted by Gasteiger charge is -2.36. The molecule has 0 saturated carbocycles. The van der Waals surface area contributed by atoms with Gasteiger partial charge in [-0.25, -0.2) is 3.11 Å². The van der Waals surface area contributed by atoms with Gasteiger partial charge in [0, 0.05) is 41.0 Å². The molecule has 0 aromatic carbocycles. The minimum absolute atomic E-state index is 0.0125. The highest BCUT2D eigenvalue weighted by atomic mass is 127. The number of rotatable bonds is 0. The Hall–Kier alpha value is 0.610. The van der Waals surface area contributed by atoms with Gasteiger partial charge in [0.25, 0.3) is 0 Å². The number of aliphatic hydroxyl groups is 1. The van der Waals surface area contributed by atoms with Crippen molar-refractivity contribution in [2.24, 2.45) is 5.73 Å². The van der Waals surface area contributed by atoms with Gasteiger partial charge in [0.15, 0.2) is 0 Å². The number of halogens is 1. The van der Waals surface area contributed by atoms with Crippen LogP contribution in [-0.4, -0.2) is 32.4 Å². The van der Waals surface area contributed by atoms with Gasteiger partial charge >= 0.3 is 0 Å². The second-order valence-corrected chi connectivity index (χ2v) is 4.65. The third kappa shape index (κ3) is 1.20. The lowest BCUT2D eigenvalue weighted by atomic mass is 9.98. The molecule has 0 amide bonds. The Bertz CT molecular complexity index is 167. The highest BCUT2D eigenvalue weighted by Gasteiger charge is 2.44. The maximum absolute atomic E-state index is 9.66. The summed E-state index contributed by atoms with van der Waals surface area (Å²) in [6, 6.07) is 0.960. The smallest absolute Gasteiger partial charge is 0.0854 e. The minimum Gasteiger partial charge on any atom is -0.390 e. The van der Waals surface area contributed by atoms with Crippen LogP contribution >= 0.6 is 22.9 Å². The van der Waals surface area contributed by atoms with Crippen LogP contribution < -0.4 is 5.73 Å². The number of piperidine rings is 1. The van der Waals surface area contributed by atoms with Crippen molar-refractivity contribution in [1.29, 1.82) is 0 Å². The van der Waals surface area contributed by atoms with Gasteiger partial charge in [-0.05, 0) is 19.3 Å². The predicted molar refractivity (Wildman–Crippen MR) is 51.3 cm³/mol. The quantitative estimate of drug-likeness (QED) is 0.489. The normalized spacial score (nSPS) is 51.5. The molecule has 4 atom stereocenters. The Morgan fingerprint density at radius 3 is 2.91 bits per heavy atom. The summed E-state index contributed by atoms with van der Waals surface area (Å²) in [4.78, 5) is 0. The zero-order valence-electron chi connectivity index (χ0n) is 6.28. The topological polar surface area (TPSA) is 49.5 Å². The number of hydrogen-bond donors (Lipinski definition) is 2. The molecule has 2 saturated heterocycles. The average Bonchev–Trinajstić information content (AvgIpc) is 2.23. The van der Waals surface area contributed by atoms with Crippen molar-refractivity contribution in [3.63, 3.8) is 0 Å². The van der Waals surface area contributed by atoms with Crippen molar-refractivity contribution in [2.45, 2.75) is 43.5 Å².